The molecule has 0 aliphatic carbocycles. The molecule has 7 heteroatoms. The number of carbonyl (C=O) groups is 3. The van der Waals surface area contributed by atoms with E-state index in [4.69, 9.17) is 4.74 Å². The van der Waals surface area contributed by atoms with Gasteiger partial charge < -0.3 is 15.0 Å². The molecule has 1 aliphatic heterocycles. The Kier molecular flexibility index (Phi) is 5.11. The van der Waals surface area contributed by atoms with Crippen LogP contribution in [0.5, 0.6) is 0 Å². The zero-order valence-corrected chi connectivity index (χ0v) is 14.6. The lowest BCUT2D eigenvalue weighted by Gasteiger charge is -2.40. The summed E-state index contributed by atoms with van der Waals surface area (Å²) in [4.78, 5) is 38.9. The third-order valence-electron chi connectivity index (χ3n) is 3.63. The lowest BCUT2D eigenvalue weighted by molar-refractivity contribution is -0.117. The lowest BCUT2D eigenvalue weighted by Crippen LogP contribution is -2.51. The smallest absolute Gasteiger partial charge is 0.414 e. The van der Waals surface area contributed by atoms with E-state index in [2.05, 4.69) is 5.32 Å². The molecule has 130 valence electrons. The van der Waals surface area contributed by atoms with Crippen LogP contribution in [-0.2, 0) is 14.3 Å². The van der Waals surface area contributed by atoms with Gasteiger partial charge in [0.15, 0.2) is 0 Å². The highest BCUT2D eigenvalue weighted by molar-refractivity contribution is 6.03. The Morgan fingerprint density at radius 1 is 1.21 bits per heavy atom. The Morgan fingerprint density at radius 3 is 2.42 bits per heavy atom. The zero-order valence-electron chi connectivity index (χ0n) is 14.6. The summed E-state index contributed by atoms with van der Waals surface area (Å²) >= 11 is 0. The maximum Gasteiger partial charge on any atom is 0.414 e. The van der Waals surface area contributed by atoms with Gasteiger partial charge in [0, 0.05) is 26.1 Å². The van der Waals surface area contributed by atoms with Crippen LogP contribution in [0.4, 0.5) is 21.9 Å². The molecule has 0 aromatic heterocycles. The summed E-state index contributed by atoms with van der Waals surface area (Å²) in [6.45, 7) is 8.68. The first-order valence-corrected chi connectivity index (χ1v) is 7.90. The number of fused-ring (bicyclic) bond motifs is 1. The third-order valence-corrected chi connectivity index (χ3v) is 3.63. The van der Waals surface area contributed by atoms with Crippen molar-refractivity contribution in [2.75, 3.05) is 21.7 Å². The molecule has 2 rings (SSSR count). The highest BCUT2D eigenvalue weighted by Crippen LogP contribution is 2.38. The van der Waals surface area contributed by atoms with E-state index in [0.717, 1.165) is 0 Å². The lowest BCUT2D eigenvalue weighted by atomic mass is 10.1. The van der Waals surface area contributed by atoms with Gasteiger partial charge in [0.1, 0.15) is 0 Å². The molecule has 0 unspecified atom stereocenters. The van der Waals surface area contributed by atoms with Crippen molar-refractivity contribution >= 4 is 35.0 Å². The molecule has 24 heavy (non-hydrogen) atoms. The minimum Gasteiger partial charge on any atom is -0.446 e. The molecule has 1 aliphatic rings. The third kappa shape index (κ3) is 3.67. The predicted molar refractivity (Wildman–Crippen MR) is 92.3 cm³/mol. The molecular weight excluding hydrogens is 310 g/mol. The molecule has 3 amide bonds. The molecule has 0 saturated carbocycles. The first-order valence-electron chi connectivity index (χ1n) is 7.90. The van der Waals surface area contributed by atoms with E-state index in [1.165, 1.54) is 18.7 Å². The Morgan fingerprint density at radius 2 is 1.88 bits per heavy atom. The van der Waals surface area contributed by atoms with Crippen molar-refractivity contribution in [3.63, 3.8) is 0 Å². The Hall–Kier alpha value is -2.57. The van der Waals surface area contributed by atoms with Crippen molar-refractivity contribution < 1.29 is 19.1 Å². The molecule has 1 aromatic carbocycles. The van der Waals surface area contributed by atoms with Crippen LogP contribution < -0.4 is 15.1 Å². The van der Waals surface area contributed by atoms with Crippen LogP contribution in [0.3, 0.4) is 0 Å². The normalized spacial score (nSPS) is 16.7. The van der Waals surface area contributed by atoms with Crippen molar-refractivity contribution in [3.05, 3.63) is 18.2 Å². The Labute approximate surface area is 141 Å². The second kappa shape index (κ2) is 6.90. The van der Waals surface area contributed by atoms with Gasteiger partial charge in [-0.2, -0.15) is 0 Å². The van der Waals surface area contributed by atoms with Crippen LogP contribution in [0.15, 0.2) is 18.2 Å². The summed E-state index contributed by atoms with van der Waals surface area (Å²) in [6, 6.07) is 4.90. The van der Waals surface area contributed by atoms with Gasteiger partial charge in [0.05, 0.1) is 23.5 Å². The van der Waals surface area contributed by atoms with Gasteiger partial charge in [-0.15, -0.1) is 0 Å². The number of hydrogen-bond donors (Lipinski definition) is 1. The average molecular weight is 333 g/mol. The van der Waals surface area contributed by atoms with Gasteiger partial charge in [0.25, 0.3) is 0 Å². The highest BCUT2D eigenvalue weighted by Gasteiger charge is 2.34. The molecule has 1 heterocycles. The molecule has 0 bridgehead atoms. The van der Waals surface area contributed by atoms with Crippen LogP contribution in [-0.4, -0.2) is 36.6 Å². The summed E-state index contributed by atoms with van der Waals surface area (Å²) in [7, 11) is 0. The van der Waals surface area contributed by atoms with E-state index < -0.39 is 6.09 Å². The molecule has 0 spiro atoms. The number of rotatable bonds is 2. The van der Waals surface area contributed by atoms with E-state index in [0.29, 0.717) is 23.6 Å². The topological polar surface area (TPSA) is 79.0 Å². The second-order valence-electron chi connectivity index (χ2n) is 6.17. The van der Waals surface area contributed by atoms with E-state index in [1.54, 1.807) is 36.9 Å². The molecule has 1 atom stereocenters. The van der Waals surface area contributed by atoms with Crippen LogP contribution >= 0.6 is 0 Å². The molecule has 7 nitrogen and oxygen atoms in total. The standard InChI is InChI=1S/C17H23N3O4/c1-10(2)24-17(23)19-9-11(3)20(13(5)22)16-8-14(18-12(4)21)6-7-15(16)19/h6-8,10-11H,9H2,1-5H3,(H,18,21)/t11-/m0/s1. The van der Waals surface area contributed by atoms with Crippen LogP contribution in [0.25, 0.3) is 0 Å². The van der Waals surface area contributed by atoms with E-state index >= 15 is 0 Å². The SMILES string of the molecule is CC(=O)Nc1ccc2c(c1)N(C(C)=O)[C@@H](C)CN2C(=O)OC(C)C. The number of ether oxygens (including phenoxy) is 1. The summed E-state index contributed by atoms with van der Waals surface area (Å²) in [5.74, 6) is -0.329. The number of nitrogens with zero attached hydrogens (tertiary/aromatic N) is 2. The Bertz CT molecular complexity index is 672. The quantitative estimate of drug-likeness (QED) is 0.902. The molecule has 0 saturated heterocycles. The van der Waals surface area contributed by atoms with Crippen LogP contribution in [0.2, 0.25) is 0 Å². The minimum absolute atomic E-state index is 0.124. The maximum atomic E-state index is 12.4. The minimum atomic E-state index is -0.450. The number of anilines is 3. The number of carbonyl (C=O) groups excluding carboxylic acids is 3. The summed E-state index contributed by atoms with van der Waals surface area (Å²) in [6.07, 6.45) is -0.686. The summed E-state index contributed by atoms with van der Waals surface area (Å²) < 4.78 is 5.30. The Balaban J connectivity index is 2.48. The number of nitrogens with one attached hydrogen (secondary N) is 1. The molecule has 1 N–H and O–H groups in total. The van der Waals surface area contributed by atoms with Crippen molar-refractivity contribution in [3.8, 4) is 0 Å². The molecular formula is C17H23N3O4. The summed E-state index contributed by atoms with van der Waals surface area (Å²) in [5.41, 5.74) is 1.73. The maximum absolute atomic E-state index is 12.4. The van der Waals surface area contributed by atoms with Gasteiger partial charge >= 0.3 is 6.09 Å². The van der Waals surface area contributed by atoms with Crippen LogP contribution in [0.1, 0.15) is 34.6 Å². The molecule has 1 aromatic rings. The van der Waals surface area contributed by atoms with Gasteiger partial charge in [-0.3, -0.25) is 14.5 Å². The fraction of sp³-hybridized carbons (Fsp3) is 0.471. The van der Waals surface area contributed by atoms with Gasteiger partial charge in [0.2, 0.25) is 11.8 Å². The fourth-order valence-corrected chi connectivity index (χ4v) is 2.83. The zero-order chi connectivity index (χ0) is 18.0. The van der Waals surface area contributed by atoms with Crippen molar-refractivity contribution in [1.29, 1.82) is 0 Å². The van der Waals surface area contributed by atoms with Crippen molar-refractivity contribution in [2.24, 2.45) is 0 Å². The van der Waals surface area contributed by atoms with E-state index in [-0.39, 0.29) is 24.0 Å². The van der Waals surface area contributed by atoms with Crippen molar-refractivity contribution in [1.82, 2.24) is 0 Å². The van der Waals surface area contributed by atoms with Gasteiger partial charge in [-0.1, -0.05) is 0 Å². The average Bonchev–Trinajstić information content (AvgIpc) is 2.44. The van der Waals surface area contributed by atoms with Gasteiger partial charge in [-0.25, -0.2) is 4.79 Å². The van der Waals surface area contributed by atoms with Gasteiger partial charge in [-0.05, 0) is 39.0 Å². The van der Waals surface area contributed by atoms with E-state index in [9.17, 15) is 14.4 Å². The molecule has 0 fully saturated rings. The molecule has 0 radical (unpaired) electrons. The van der Waals surface area contributed by atoms with Crippen LogP contribution in [0, 0.1) is 0 Å². The van der Waals surface area contributed by atoms with E-state index in [1.807, 2.05) is 6.92 Å². The summed E-state index contributed by atoms with van der Waals surface area (Å²) in [5, 5.41) is 2.69. The highest BCUT2D eigenvalue weighted by atomic mass is 16.6. The first kappa shape index (κ1) is 17.8. The monoisotopic (exact) mass is 333 g/mol. The first-order chi connectivity index (χ1) is 11.2. The largest absolute Gasteiger partial charge is 0.446 e. The van der Waals surface area contributed by atoms with Crippen molar-refractivity contribution in [2.45, 2.75) is 46.8 Å². The predicted octanol–water partition coefficient (Wildman–Crippen LogP) is 2.75. The number of amides is 3. The second-order valence-corrected chi connectivity index (χ2v) is 6.17. The number of hydrogen-bond acceptors (Lipinski definition) is 4. The number of benzene rings is 1. The fourth-order valence-electron chi connectivity index (χ4n) is 2.83.